The summed E-state index contributed by atoms with van der Waals surface area (Å²) in [4.78, 5) is 0. The van der Waals surface area contributed by atoms with Gasteiger partial charge in [-0.1, -0.05) is 91.0 Å². The first-order valence-corrected chi connectivity index (χ1v) is 22.8. The molecule has 0 fully saturated rings. The Morgan fingerprint density at radius 1 is 0.329 bits per heavy atom. The lowest BCUT2D eigenvalue weighted by molar-refractivity contribution is -0.666. The van der Waals surface area contributed by atoms with Gasteiger partial charge in [-0.15, -0.1) is 0 Å². The van der Waals surface area contributed by atoms with Crippen molar-refractivity contribution in [2.75, 3.05) is 0 Å². The van der Waals surface area contributed by atoms with Gasteiger partial charge in [0.05, 0.1) is 50.6 Å². The Morgan fingerprint density at radius 2 is 0.622 bits per heavy atom. The molecule has 0 atom stereocenters. The summed E-state index contributed by atoms with van der Waals surface area (Å²) >= 11 is 0. The minimum Gasteiger partial charge on any atom is -0.508 e. The number of nitrogens with zero attached hydrogens (tertiary/aromatic N) is 1. The van der Waals surface area contributed by atoms with Crippen molar-refractivity contribution in [3.05, 3.63) is 214 Å². The Balaban J connectivity index is 0.000000318. The molecule has 82 heavy (non-hydrogen) atoms. The van der Waals surface area contributed by atoms with Crippen LogP contribution < -0.4 is 31.2 Å². The molecule has 1 N–H and O–H groups in total. The van der Waals surface area contributed by atoms with Gasteiger partial charge in [-0.2, -0.15) is 132 Å². The summed E-state index contributed by atoms with van der Waals surface area (Å²) in [5.74, 6) is 1.67. The maximum absolute atomic E-state index is 14.2. The monoisotopic (exact) mass is 1190 g/mol. The molecular weight excluding hydrogens is 1160 g/mol. The van der Waals surface area contributed by atoms with Crippen LogP contribution in [0.3, 0.4) is 0 Å². The molecule has 0 amide bonds. The van der Waals surface area contributed by atoms with Crippen molar-refractivity contribution < 1.29 is 120 Å². The molecule has 1 heterocycles. The molecule has 7 aromatic carbocycles. The van der Waals surface area contributed by atoms with E-state index in [1.807, 2.05) is 36.4 Å². The highest BCUT2D eigenvalue weighted by atomic mass is 19.4. The lowest BCUT2D eigenvalue weighted by Gasteiger charge is -2.46. The third-order valence-corrected chi connectivity index (χ3v) is 12.6. The lowest BCUT2D eigenvalue weighted by atomic mass is 9.12. The van der Waals surface area contributed by atoms with Gasteiger partial charge in [0, 0.05) is 17.0 Å². The normalized spacial score (nSPS) is 13.2. The minimum atomic E-state index is -6.13. The van der Waals surface area contributed by atoms with Crippen molar-refractivity contribution in [2.24, 2.45) is 0 Å². The second kappa shape index (κ2) is 21.7. The molecule has 0 unspecified atom stereocenters. The molecule has 434 valence electrons. The molecule has 8 rings (SSSR count). The van der Waals surface area contributed by atoms with Gasteiger partial charge in [0.2, 0.25) is 5.52 Å². The van der Waals surface area contributed by atoms with Crippen molar-refractivity contribution in [3.63, 3.8) is 0 Å². The van der Waals surface area contributed by atoms with Gasteiger partial charge >= 0.3 is 55.3 Å². The number of ether oxygens (including phenoxy) is 1. The summed E-state index contributed by atoms with van der Waals surface area (Å²) in [7, 11) is 0. The Morgan fingerprint density at radius 3 is 0.927 bits per heavy atom. The zero-order chi connectivity index (χ0) is 61.0. The van der Waals surface area contributed by atoms with E-state index in [-0.39, 0.29) is 5.75 Å². The van der Waals surface area contributed by atoms with Crippen LogP contribution in [0.4, 0.5) is 105 Å². The SMILES string of the molecule is FC(F)(F)c1cc([B-](c2cc(C(F)(F)F)cc(C(F)(F)F)c2)(c2cc(C(F)(F)F)cc(C(F)(F)F)c2)c2cc(C(F)(F)F)cc(C(F)(F)F)c2)cc(C(F)(F)F)c1.Oc1ccc(Oc2ccc3ccccc3[n+]2Cc2ccccc2)cc1. The number of hydrogen-bond donors (Lipinski definition) is 1. The molecule has 0 radical (unpaired) electrons. The summed E-state index contributed by atoms with van der Waals surface area (Å²) in [6.07, 6.45) is -54.8. The Bertz CT molecular complexity index is 3160. The van der Waals surface area contributed by atoms with Crippen LogP contribution >= 0.6 is 0 Å². The molecule has 8 aromatic rings. The van der Waals surface area contributed by atoms with E-state index in [0.717, 1.165) is 23.3 Å². The summed E-state index contributed by atoms with van der Waals surface area (Å²) < 4.78 is 349. The fraction of sp³-hybridized carbons (Fsp3) is 0.167. The molecule has 0 aliphatic rings. The molecular formula is C54H30BF24NO2. The average Bonchev–Trinajstić information content (AvgIpc) is 1.63. The third-order valence-electron chi connectivity index (χ3n) is 12.6. The zero-order valence-corrected chi connectivity index (χ0v) is 40.2. The van der Waals surface area contributed by atoms with E-state index in [2.05, 4.69) is 34.9 Å². The van der Waals surface area contributed by atoms with Crippen LogP contribution in [0.25, 0.3) is 10.9 Å². The predicted molar refractivity (Wildman–Crippen MR) is 248 cm³/mol. The largest absolute Gasteiger partial charge is 0.508 e. The number of hydrogen-bond acceptors (Lipinski definition) is 2. The minimum absolute atomic E-state index is 0.225. The molecule has 3 nitrogen and oxygen atoms in total. The van der Waals surface area contributed by atoms with Crippen LogP contribution in [0.5, 0.6) is 17.4 Å². The highest BCUT2D eigenvalue weighted by molar-refractivity contribution is 7.20. The number of halogens is 24. The van der Waals surface area contributed by atoms with E-state index in [0.29, 0.717) is 5.75 Å². The van der Waals surface area contributed by atoms with Crippen molar-refractivity contribution in [3.8, 4) is 17.4 Å². The Labute approximate surface area is 445 Å². The molecule has 0 aliphatic carbocycles. The molecule has 0 bridgehead atoms. The summed E-state index contributed by atoms with van der Waals surface area (Å²) in [5, 5.41) is 10.6. The van der Waals surface area contributed by atoms with E-state index >= 15 is 0 Å². The predicted octanol–water partition coefficient (Wildman–Crippen LogP) is 15.9. The van der Waals surface area contributed by atoms with E-state index in [9.17, 15) is 110 Å². The van der Waals surface area contributed by atoms with Gasteiger partial charge in [0.1, 0.15) is 17.6 Å². The smallest absolute Gasteiger partial charge is 0.416 e. The summed E-state index contributed by atoms with van der Waals surface area (Å²) in [6.45, 7) is 0.718. The molecule has 0 spiro atoms. The number of phenols is 1. The Kier molecular flexibility index (Phi) is 16.3. The number of aromatic nitrogens is 1. The topological polar surface area (TPSA) is 33.3 Å². The number of para-hydroxylation sites is 1. The lowest BCUT2D eigenvalue weighted by Crippen LogP contribution is -2.75. The van der Waals surface area contributed by atoms with Crippen LogP contribution in [-0.2, 0) is 56.0 Å². The standard InChI is InChI=1S/C32H12BF24.C22H17NO2/c34-25(35,36)13-1-14(26(37,38)39)6-21(5-13)33(22-7-15(27(40,41)42)2-16(8-22)28(43,44)45,23-9-17(29(46,47)48)3-18(10-23)30(49,50)51)24-11-19(31(52,53)54)4-20(12-24)32(55,56)57;24-19-11-13-20(14-12-19)25-22-15-10-18-8-4-5-9-21(18)23(22)16-17-6-2-1-3-7-17/h1-12H;1-15H,16H2/q-1;/p+1. The van der Waals surface area contributed by atoms with E-state index in [1.165, 1.54) is 5.56 Å². The fourth-order valence-electron chi connectivity index (χ4n) is 8.97. The van der Waals surface area contributed by atoms with Crippen LogP contribution in [0.2, 0.25) is 0 Å². The van der Waals surface area contributed by atoms with Crippen molar-refractivity contribution >= 4 is 38.9 Å². The molecule has 0 aliphatic heterocycles. The highest BCUT2D eigenvalue weighted by Crippen LogP contribution is 2.42. The first-order valence-electron chi connectivity index (χ1n) is 22.8. The third kappa shape index (κ3) is 13.8. The number of benzene rings is 7. The average molecular weight is 1190 g/mol. The number of phenolic OH excluding ortho intramolecular Hbond substituents is 1. The second-order valence-corrected chi connectivity index (χ2v) is 18.1. The van der Waals surface area contributed by atoms with Crippen LogP contribution in [0, 0.1) is 0 Å². The first-order chi connectivity index (χ1) is 37.6. The fourth-order valence-corrected chi connectivity index (χ4v) is 8.97. The van der Waals surface area contributed by atoms with Gasteiger partial charge in [0.25, 0.3) is 0 Å². The molecule has 0 saturated carbocycles. The van der Waals surface area contributed by atoms with Crippen LogP contribution in [0.15, 0.2) is 164 Å². The molecule has 0 saturated heterocycles. The summed E-state index contributed by atoms with van der Waals surface area (Å²) in [6, 6.07) is 20.6. The van der Waals surface area contributed by atoms with Gasteiger partial charge in [-0.25, -0.2) is 0 Å². The maximum Gasteiger partial charge on any atom is 0.416 e. The second-order valence-electron chi connectivity index (χ2n) is 18.1. The van der Waals surface area contributed by atoms with Gasteiger partial charge < -0.3 is 9.84 Å². The summed E-state index contributed by atoms with van der Waals surface area (Å²) in [5.41, 5.74) is -27.9. The number of rotatable bonds is 8. The van der Waals surface area contributed by atoms with Crippen LogP contribution in [-0.4, -0.2) is 11.3 Å². The Hall–Kier alpha value is -8.07. The maximum atomic E-state index is 14.2. The number of fused-ring (bicyclic) bond motifs is 1. The van der Waals surface area contributed by atoms with E-state index < -0.39 is 195 Å². The number of aromatic hydroxyl groups is 1. The van der Waals surface area contributed by atoms with Crippen LogP contribution in [0.1, 0.15) is 50.1 Å². The quantitative estimate of drug-likeness (QED) is 0.0934. The first kappa shape index (κ1) is 61.6. The number of pyridine rings is 1. The van der Waals surface area contributed by atoms with Crippen molar-refractivity contribution in [2.45, 2.75) is 56.0 Å². The molecule has 28 heteroatoms. The highest BCUT2D eigenvalue weighted by Gasteiger charge is 2.47. The van der Waals surface area contributed by atoms with Gasteiger partial charge in [-0.3, -0.25) is 0 Å². The van der Waals surface area contributed by atoms with E-state index in [4.69, 9.17) is 4.74 Å². The van der Waals surface area contributed by atoms with Crippen molar-refractivity contribution in [1.29, 1.82) is 0 Å². The zero-order valence-electron chi connectivity index (χ0n) is 40.2. The van der Waals surface area contributed by atoms with Gasteiger partial charge in [-0.05, 0) is 60.7 Å². The number of alkyl halides is 24. The van der Waals surface area contributed by atoms with E-state index in [1.54, 1.807) is 24.3 Å². The van der Waals surface area contributed by atoms with Gasteiger partial charge in [0.15, 0.2) is 6.54 Å². The van der Waals surface area contributed by atoms with Crippen molar-refractivity contribution in [1.82, 2.24) is 0 Å². The molecule has 1 aromatic heterocycles.